The second kappa shape index (κ2) is 4.80. The van der Waals surface area contributed by atoms with Crippen LogP contribution in [-0.4, -0.2) is 17.1 Å². The zero-order valence-electron chi connectivity index (χ0n) is 8.93. The number of ether oxygens (including phenoxy) is 1. The van der Waals surface area contributed by atoms with Crippen molar-refractivity contribution in [2.45, 2.75) is 38.2 Å². The molecule has 0 aliphatic heterocycles. The largest absolute Gasteiger partial charge is 0.370 e. The van der Waals surface area contributed by atoms with Crippen LogP contribution in [0.3, 0.4) is 0 Å². The highest BCUT2D eigenvalue weighted by molar-refractivity contribution is 6.16. The third kappa shape index (κ3) is 1.93. The monoisotopic (exact) mass is 216 g/mol. The van der Waals surface area contributed by atoms with Gasteiger partial charge in [-0.05, 0) is 12.8 Å². The van der Waals surface area contributed by atoms with Crippen molar-refractivity contribution in [3.05, 3.63) is 17.7 Å². The van der Waals surface area contributed by atoms with E-state index in [1.54, 1.807) is 13.3 Å². The van der Waals surface area contributed by atoms with Crippen molar-refractivity contribution in [2.24, 2.45) is 0 Å². The topological polar surface area (TPSA) is 37.9 Å². The van der Waals surface area contributed by atoms with Crippen LogP contribution in [0.5, 0.6) is 0 Å². The number of alkyl halides is 1. The van der Waals surface area contributed by atoms with Crippen LogP contribution in [-0.2, 0) is 16.2 Å². The summed E-state index contributed by atoms with van der Waals surface area (Å²) in [5, 5.41) is 0. The molecule has 1 heterocycles. The number of hydrogen-bond acceptors (Lipinski definition) is 2. The van der Waals surface area contributed by atoms with E-state index in [1.165, 1.54) is 0 Å². The summed E-state index contributed by atoms with van der Waals surface area (Å²) in [6.07, 6.45) is 3.56. The molecular weight excluding hydrogens is 200 g/mol. The Balaban J connectivity index is 2.98. The molecule has 0 radical (unpaired) electrons. The van der Waals surface area contributed by atoms with Crippen LogP contribution in [0.25, 0.3) is 0 Å². The number of nitrogens with zero attached hydrogens (tertiary/aromatic N) is 1. The minimum Gasteiger partial charge on any atom is -0.370 e. The Labute approximate surface area is 89.8 Å². The molecular formula is C10H17ClN2O. The van der Waals surface area contributed by atoms with E-state index < -0.39 is 0 Å². The van der Waals surface area contributed by atoms with Gasteiger partial charge in [-0.2, -0.15) is 0 Å². The molecule has 0 aliphatic carbocycles. The quantitative estimate of drug-likeness (QED) is 0.769. The number of hydrogen-bond donors (Lipinski definition) is 1. The van der Waals surface area contributed by atoms with Gasteiger partial charge in [0.15, 0.2) is 0 Å². The molecule has 0 atom stereocenters. The van der Waals surface area contributed by atoms with E-state index in [0.717, 1.165) is 24.4 Å². The van der Waals surface area contributed by atoms with Crippen LogP contribution in [0.15, 0.2) is 6.20 Å². The smallest absolute Gasteiger partial charge is 0.138 e. The Kier molecular flexibility index (Phi) is 3.96. The lowest BCUT2D eigenvalue weighted by atomic mass is 9.96. The fourth-order valence-corrected chi connectivity index (χ4v) is 1.76. The number of methoxy groups -OCH3 is 1. The molecule has 0 amide bonds. The first-order valence-electron chi connectivity index (χ1n) is 4.87. The van der Waals surface area contributed by atoms with Crippen LogP contribution in [0, 0.1) is 0 Å². The molecule has 0 saturated carbocycles. The van der Waals surface area contributed by atoms with Crippen molar-refractivity contribution in [1.29, 1.82) is 0 Å². The molecule has 1 aromatic heterocycles. The third-order valence-electron chi connectivity index (χ3n) is 2.74. The van der Waals surface area contributed by atoms with Gasteiger partial charge in [0.25, 0.3) is 0 Å². The summed E-state index contributed by atoms with van der Waals surface area (Å²) in [5.74, 6) is 1.33. The summed E-state index contributed by atoms with van der Waals surface area (Å²) in [6.45, 7) is 4.19. The van der Waals surface area contributed by atoms with Gasteiger partial charge in [-0.1, -0.05) is 13.8 Å². The van der Waals surface area contributed by atoms with Gasteiger partial charge in [0.05, 0.1) is 5.88 Å². The van der Waals surface area contributed by atoms with E-state index >= 15 is 0 Å². The Morgan fingerprint density at radius 3 is 2.50 bits per heavy atom. The predicted octanol–water partition coefficient (Wildman–Crippen LogP) is 2.81. The average molecular weight is 217 g/mol. The van der Waals surface area contributed by atoms with Crippen molar-refractivity contribution in [1.82, 2.24) is 9.97 Å². The molecule has 0 bridgehead atoms. The summed E-state index contributed by atoms with van der Waals surface area (Å²) >= 11 is 5.71. The highest BCUT2D eigenvalue weighted by Gasteiger charge is 2.30. The average Bonchev–Trinajstić information content (AvgIpc) is 2.71. The Hall–Kier alpha value is -0.540. The highest BCUT2D eigenvalue weighted by Crippen LogP contribution is 2.30. The van der Waals surface area contributed by atoms with E-state index in [2.05, 4.69) is 23.8 Å². The molecule has 80 valence electrons. The molecule has 1 N–H and O–H groups in total. The predicted molar refractivity (Wildman–Crippen MR) is 57.4 cm³/mol. The minimum atomic E-state index is -0.287. The maximum Gasteiger partial charge on any atom is 0.138 e. The number of H-pyrrole nitrogens is 1. The molecule has 3 nitrogen and oxygen atoms in total. The fourth-order valence-electron chi connectivity index (χ4n) is 1.63. The first kappa shape index (κ1) is 11.5. The second-order valence-electron chi connectivity index (χ2n) is 3.30. The number of imidazole rings is 1. The van der Waals surface area contributed by atoms with Crippen molar-refractivity contribution in [2.75, 3.05) is 7.11 Å². The number of rotatable bonds is 5. The molecule has 0 aromatic carbocycles. The number of aromatic nitrogens is 2. The number of halogens is 1. The molecule has 0 saturated heterocycles. The van der Waals surface area contributed by atoms with Crippen LogP contribution in [0.4, 0.5) is 0 Å². The summed E-state index contributed by atoms with van der Waals surface area (Å²) in [5.41, 5.74) is 0.648. The standard InChI is InChI=1S/C10H17ClN2O/c1-4-10(5-2,14-3)9-12-7-8(6-11)13-9/h7H,4-6H2,1-3H3,(H,12,13). The lowest BCUT2D eigenvalue weighted by Gasteiger charge is -2.27. The van der Waals surface area contributed by atoms with Crippen LogP contribution >= 0.6 is 11.6 Å². The van der Waals surface area contributed by atoms with Crippen molar-refractivity contribution < 1.29 is 4.74 Å². The van der Waals surface area contributed by atoms with E-state index in [0.29, 0.717) is 5.88 Å². The molecule has 4 heteroatoms. The molecule has 0 fully saturated rings. The Morgan fingerprint density at radius 2 is 2.14 bits per heavy atom. The lowest BCUT2D eigenvalue weighted by Crippen LogP contribution is -2.28. The normalized spacial score (nSPS) is 12.0. The maximum absolute atomic E-state index is 5.71. The van der Waals surface area contributed by atoms with Crippen molar-refractivity contribution in [3.63, 3.8) is 0 Å². The van der Waals surface area contributed by atoms with Gasteiger partial charge in [0.1, 0.15) is 11.4 Å². The maximum atomic E-state index is 5.71. The number of aromatic amines is 1. The SMILES string of the molecule is CCC(CC)(OC)c1ncc(CCl)[nH]1. The first-order chi connectivity index (χ1) is 6.72. The lowest BCUT2D eigenvalue weighted by molar-refractivity contribution is -0.0285. The Bertz CT molecular complexity index is 273. The van der Waals surface area contributed by atoms with Gasteiger partial charge in [-0.15, -0.1) is 11.6 Å². The fraction of sp³-hybridized carbons (Fsp3) is 0.700. The zero-order chi connectivity index (χ0) is 10.6. The number of nitrogens with one attached hydrogen (secondary N) is 1. The molecule has 1 aromatic rings. The van der Waals surface area contributed by atoms with Gasteiger partial charge in [-0.25, -0.2) is 4.98 Å². The van der Waals surface area contributed by atoms with E-state index in [1.807, 2.05) is 0 Å². The van der Waals surface area contributed by atoms with Crippen LogP contribution in [0.1, 0.15) is 38.2 Å². The third-order valence-corrected chi connectivity index (χ3v) is 3.02. The molecule has 1 rings (SSSR count). The van der Waals surface area contributed by atoms with Gasteiger partial charge >= 0.3 is 0 Å². The van der Waals surface area contributed by atoms with Crippen LogP contribution in [0.2, 0.25) is 0 Å². The summed E-state index contributed by atoms with van der Waals surface area (Å²) in [4.78, 5) is 7.50. The van der Waals surface area contributed by atoms with E-state index in [4.69, 9.17) is 16.3 Å². The van der Waals surface area contributed by atoms with Gasteiger partial charge in [-0.3, -0.25) is 0 Å². The second-order valence-corrected chi connectivity index (χ2v) is 3.56. The van der Waals surface area contributed by atoms with E-state index in [9.17, 15) is 0 Å². The summed E-state index contributed by atoms with van der Waals surface area (Å²) in [6, 6.07) is 0. The first-order valence-corrected chi connectivity index (χ1v) is 5.41. The molecule has 0 unspecified atom stereocenters. The summed E-state index contributed by atoms with van der Waals surface area (Å²) in [7, 11) is 1.72. The Morgan fingerprint density at radius 1 is 1.50 bits per heavy atom. The molecule has 0 aliphatic rings. The van der Waals surface area contributed by atoms with Gasteiger partial charge in [0, 0.05) is 19.0 Å². The van der Waals surface area contributed by atoms with E-state index in [-0.39, 0.29) is 5.60 Å². The highest BCUT2D eigenvalue weighted by atomic mass is 35.5. The van der Waals surface area contributed by atoms with Crippen LogP contribution < -0.4 is 0 Å². The summed E-state index contributed by atoms with van der Waals surface area (Å²) < 4.78 is 5.54. The zero-order valence-corrected chi connectivity index (χ0v) is 9.69. The van der Waals surface area contributed by atoms with Crippen molar-refractivity contribution >= 4 is 11.6 Å². The van der Waals surface area contributed by atoms with Crippen molar-refractivity contribution in [3.8, 4) is 0 Å². The molecule has 0 spiro atoms. The minimum absolute atomic E-state index is 0.287. The van der Waals surface area contributed by atoms with Gasteiger partial charge < -0.3 is 9.72 Å². The molecule has 14 heavy (non-hydrogen) atoms. The van der Waals surface area contributed by atoms with Gasteiger partial charge in [0.2, 0.25) is 0 Å².